The minimum atomic E-state index is -0.794. The summed E-state index contributed by atoms with van der Waals surface area (Å²) in [5.74, 6) is 0.255. The van der Waals surface area contributed by atoms with Crippen LogP contribution in [-0.4, -0.2) is 35.8 Å². The molecule has 9 nitrogen and oxygen atoms in total. The Morgan fingerprint density at radius 1 is 0.979 bits per heavy atom. The lowest BCUT2D eigenvalue weighted by Crippen LogP contribution is -2.40. The Morgan fingerprint density at radius 3 is 2.27 bits per heavy atom. The van der Waals surface area contributed by atoms with E-state index in [1.807, 2.05) is 62.4 Å². The highest BCUT2D eigenvalue weighted by atomic mass is 79.9. The summed E-state index contributed by atoms with van der Waals surface area (Å²) in [6.45, 7) is 9.87. The summed E-state index contributed by atoms with van der Waals surface area (Å²) < 4.78 is 26.0. The Balaban J connectivity index is 1.50. The van der Waals surface area contributed by atoms with Gasteiger partial charge in [-0.2, -0.15) is 0 Å². The van der Waals surface area contributed by atoms with Crippen molar-refractivity contribution in [1.29, 1.82) is 0 Å². The van der Waals surface area contributed by atoms with Gasteiger partial charge in [-0.15, -0.1) is 0 Å². The molecule has 0 N–H and O–H groups in total. The molecule has 2 heterocycles. The van der Waals surface area contributed by atoms with Gasteiger partial charge in [0.25, 0.3) is 5.56 Å². The minimum Gasteiger partial charge on any atom is -0.491 e. The fraction of sp³-hybridized carbons (Fsp3) is 0.278. The zero-order valence-corrected chi connectivity index (χ0v) is 31.0. The summed E-state index contributed by atoms with van der Waals surface area (Å²) in [6, 6.07) is 17.4. The maximum Gasteiger partial charge on any atom is 0.338 e. The summed E-state index contributed by atoms with van der Waals surface area (Å²) in [6.07, 6.45) is 1.66. The van der Waals surface area contributed by atoms with Gasteiger partial charge in [-0.25, -0.2) is 14.6 Å². The molecule has 0 saturated heterocycles. The molecule has 0 aliphatic carbocycles. The molecule has 250 valence electrons. The number of aromatic nitrogens is 1. The van der Waals surface area contributed by atoms with Gasteiger partial charge in [0.05, 0.1) is 49.6 Å². The molecule has 0 bridgehead atoms. The molecule has 0 radical (unpaired) electrons. The number of nitrogens with zero attached hydrogens (tertiary/aromatic N) is 2. The van der Waals surface area contributed by atoms with Crippen molar-refractivity contribution in [2.75, 3.05) is 13.2 Å². The van der Waals surface area contributed by atoms with E-state index in [-0.39, 0.29) is 36.4 Å². The van der Waals surface area contributed by atoms with Gasteiger partial charge in [0.2, 0.25) is 0 Å². The molecule has 1 aromatic heterocycles. The number of thiazole rings is 1. The number of para-hydroxylation sites is 1. The van der Waals surface area contributed by atoms with Crippen LogP contribution in [0, 0.1) is 0 Å². The molecule has 4 aromatic rings. The highest BCUT2D eigenvalue weighted by molar-refractivity contribution is 9.11. The summed E-state index contributed by atoms with van der Waals surface area (Å²) in [5, 5.41) is 0. The van der Waals surface area contributed by atoms with Crippen LogP contribution in [0.4, 0.5) is 0 Å². The van der Waals surface area contributed by atoms with Gasteiger partial charge >= 0.3 is 11.9 Å². The third kappa shape index (κ3) is 7.66. The van der Waals surface area contributed by atoms with E-state index in [4.69, 9.17) is 18.9 Å². The van der Waals surface area contributed by atoms with Crippen molar-refractivity contribution in [2.45, 2.75) is 53.4 Å². The summed E-state index contributed by atoms with van der Waals surface area (Å²) in [7, 11) is 0. The van der Waals surface area contributed by atoms with Crippen LogP contribution in [0.5, 0.6) is 11.5 Å². The SMILES string of the molecule is CCOC(=O)C1=C(C)N=c2s/c(=C\c3cc(Br)c(OCc4ccc(C(=O)OCC)cc4)c(Br)c3)c(=O)n2[C@H]1c1ccccc1OC(C)C. The van der Waals surface area contributed by atoms with E-state index in [9.17, 15) is 14.4 Å². The maximum absolute atomic E-state index is 14.2. The van der Waals surface area contributed by atoms with Crippen molar-refractivity contribution in [3.63, 3.8) is 0 Å². The van der Waals surface area contributed by atoms with Crippen LogP contribution < -0.4 is 24.4 Å². The molecule has 1 aliphatic heterocycles. The number of esters is 2. The number of fused-ring (bicyclic) bond motifs is 1. The van der Waals surface area contributed by atoms with E-state index < -0.39 is 12.0 Å². The van der Waals surface area contributed by atoms with E-state index >= 15 is 0 Å². The maximum atomic E-state index is 14.2. The molecular weight excluding hydrogens is 764 g/mol. The highest BCUT2D eigenvalue weighted by Crippen LogP contribution is 2.37. The second-order valence-corrected chi connectivity index (χ2v) is 13.7. The highest BCUT2D eigenvalue weighted by Gasteiger charge is 2.35. The Kier molecular flexibility index (Phi) is 11.4. The third-order valence-electron chi connectivity index (χ3n) is 7.26. The van der Waals surface area contributed by atoms with Crippen LogP contribution in [0.2, 0.25) is 0 Å². The second kappa shape index (κ2) is 15.5. The third-order valence-corrected chi connectivity index (χ3v) is 9.42. The molecule has 0 unspecified atom stereocenters. The molecular formula is C36H34Br2N2O7S. The first kappa shape index (κ1) is 35.3. The minimum absolute atomic E-state index is 0.126. The molecule has 0 spiro atoms. The van der Waals surface area contributed by atoms with E-state index in [1.165, 1.54) is 11.3 Å². The number of ether oxygens (including phenoxy) is 4. The molecule has 1 atom stereocenters. The van der Waals surface area contributed by atoms with E-state index in [0.717, 1.165) is 11.1 Å². The van der Waals surface area contributed by atoms with E-state index in [1.54, 1.807) is 43.5 Å². The van der Waals surface area contributed by atoms with Crippen molar-refractivity contribution in [3.05, 3.63) is 123 Å². The van der Waals surface area contributed by atoms with Gasteiger partial charge in [0.15, 0.2) is 4.80 Å². The molecule has 0 fully saturated rings. The van der Waals surface area contributed by atoms with Gasteiger partial charge in [-0.3, -0.25) is 9.36 Å². The summed E-state index contributed by atoms with van der Waals surface area (Å²) in [5.41, 5.74) is 3.23. The normalized spacial score (nSPS) is 14.4. The predicted molar refractivity (Wildman–Crippen MR) is 191 cm³/mol. The van der Waals surface area contributed by atoms with Gasteiger partial charge in [0.1, 0.15) is 24.1 Å². The fourth-order valence-electron chi connectivity index (χ4n) is 5.21. The van der Waals surface area contributed by atoms with Crippen molar-refractivity contribution < 1.29 is 28.5 Å². The fourth-order valence-corrected chi connectivity index (χ4v) is 7.71. The summed E-state index contributed by atoms with van der Waals surface area (Å²) in [4.78, 5) is 44.6. The Labute approximate surface area is 298 Å². The van der Waals surface area contributed by atoms with Crippen LogP contribution in [0.1, 0.15) is 67.7 Å². The van der Waals surface area contributed by atoms with Crippen molar-refractivity contribution in [3.8, 4) is 11.5 Å². The number of rotatable bonds is 11. The topological polar surface area (TPSA) is 105 Å². The average Bonchev–Trinajstić information content (AvgIpc) is 3.34. The van der Waals surface area contributed by atoms with Crippen LogP contribution in [0.15, 0.2) is 90.7 Å². The van der Waals surface area contributed by atoms with E-state index in [0.29, 0.717) is 53.2 Å². The molecule has 5 rings (SSSR count). The molecule has 1 aliphatic rings. The predicted octanol–water partition coefficient (Wildman–Crippen LogP) is 6.87. The number of benzene rings is 3. The van der Waals surface area contributed by atoms with Gasteiger partial charge in [-0.05, 0) is 114 Å². The standard InChI is InChI=1S/C36H34Br2N2O7S/c1-6-44-34(42)24-14-12-22(13-15-24)19-46-32-26(37)16-23(17-27(32)38)18-29-33(41)40-31(25-10-8-9-11-28(25)47-20(3)4)30(35(43)45-7-2)21(5)39-36(40)48-29/h8-18,20,31H,6-7,19H2,1-5H3/b29-18-/t31-/m0/s1. The lowest BCUT2D eigenvalue weighted by molar-refractivity contribution is -0.139. The van der Waals surface area contributed by atoms with Gasteiger partial charge in [0, 0.05) is 5.56 Å². The van der Waals surface area contributed by atoms with Crippen LogP contribution >= 0.6 is 43.2 Å². The average molecular weight is 799 g/mol. The Bertz CT molecular complexity index is 2040. The molecule has 3 aromatic carbocycles. The van der Waals surface area contributed by atoms with Crippen molar-refractivity contribution in [1.82, 2.24) is 4.57 Å². The molecule has 12 heteroatoms. The molecule has 0 saturated carbocycles. The van der Waals surface area contributed by atoms with Gasteiger partial charge < -0.3 is 18.9 Å². The first-order chi connectivity index (χ1) is 23.0. The van der Waals surface area contributed by atoms with E-state index in [2.05, 4.69) is 36.9 Å². The number of allylic oxidation sites excluding steroid dienone is 1. The van der Waals surface area contributed by atoms with Gasteiger partial charge in [-0.1, -0.05) is 41.7 Å². The zero-order valence-electron chi connectivity index (χ0n) is 27.0. The lowest BCUT2D eigenvalue weighted by Gasteiger charge is -2.26. The van der Waals surface area contributed by atoms with Crippen molar-refractivity contribution >= 4 is 61.2 Å². The zero-order chi connectivity index (χ0) is 34.5. The number of hydrogen-bond donors (Lipinski definition) is 0. The quantitative estimate of drug-likeness (QED) is 0.153. The number of carbonyl (C=O) groups is 2. The first-order valence-corrected chi connectivity index (χ1v) is 17.8. The second-order valence-electron chi connectivity index (χ2n) is 11.0. The van der Waals surface area contributed by atoms with Crippen LogP contribution in [0.3, 0.4) is 0 Å². The lowest BCUT2D eigenvalue weighted by atomic mass is 9.95. The number of halogens is 2. The smallest absolute Gasteiger partial charge is 0.338 e. The van der Waals surface area contributed by atoms with Crippen molar-refractivity contribution in [2.24, 2.45) is 4.99 Å². The first-order valence-electron chi connectivity index (χ1n) is 15.4. The Morgan fingerprint density at radius 2 is 1.62 bits per heavy atom. The number of hydrogen-bond acceptors (Lipinski definition) is 9. The summed E-state index contributed by atoms with van der Waals surface area (Å²) >= 11 is 8.47. The monoisotopic (exact) mass is 796 g/mol. The van der Waals surface area contributed by atoms with Crippen LogP contribution in [0.25, 0.3) is 6.08 Å². The number of carbonyl (C=O) groups excluding carboxylic acids is 2. The largest absolute Gasteiger partial charge is 0.491 e. The Hall–Kier alpha value is -4.00. The molecule has 0 amide bonds. The molecule has 48 heavy (non-hydrogen) atoms. The van der Waals surface area contributed by atoms with Crippen LogP contribution in [-0.2, 0) is 20.9 Å².